The lowest BCUT2D eigenvalue weighted by Crippen LogP contribution is -2.41. The smallest absolute Gasteiger partial charge is 0.416 e. The second kappa shape index (κ2) is 7.63. The van der Waals surface area contributed by atoms with Gasteiger partial charge in [-0.25, -0.2) is 4.79 Å². The maximum atomic E-state index is 12.6. The number of benzene rings is 1. The summed E-state index contributed by atoms with van der Waals surface area (Å²) in [5.74, 6) is -1.44. The van der Waals surface area contributed by atoms with Gasteiger partial charge in [0.05, 0.1) is 12.7 Å². The molecule has 0 saturated carbocycles. The molecule has 7 heteroatoms. The van der Waals surface area contributed by atoms with E-state index in [4.69, 9.17) is 0 Å². The van der Waals surface area contributed by atoms with Crippen LogP contribution in [0.2, 0.25) is 0 Å². The van der Waals surface area contributed by atoms with E-state index in [1.165, 1.54) is 13.2 Å². The molecule has 0 bridgehead atoms. The highest BCUT2D eigenvalue weighted by atomic mass is 19.4. The van der Waals surface area contributed by atoms with Gasteiger partial charge >= 0.3 is 12.1 Å². The van der Waals surface area contributed by atoms with Gasteiger partial charge in [-0.15, -0.1) is 6.58 Å². The number of hydrogen-bond donors (Lipinski definition) is 1. The van der Waals surface area contributed by atoms with Crippen molar-refractivity contribution in [3.63, 3.8) is 0 Å². The van der Waals surface area contributed by atoms with E-state index in [1.54, 1.807) is 6.08 Å². The number of alkyl halides is 3. The summed E-state index contributed by atoms with van der Waals surface area (Å²) in [5.41, 5.74) is -1.11. The average Bonchev–Trinajstić information content (AvgIpc) is 2.49. The van der Waals surface area contributed by atoms with Crippen molar-refractivity contribution in [3.05, 3.63) is 48.0 Å². The normalized spacial score (nSPS) is 12.4. The van der Waals surface area contributed by atoms with Gasteiger partial charge in [-0.1, -0.05) is 12.1 Å². The highest BCUT2D eigenvalue weighted by Crippen LogP contribution is 2.29. The molecule has 1 atom stereocenters. The standard InChI is InChI=1S/C15H16F3NO3/c1-3-4-8-12(14(21)22-2)19-13(20)10-6-5-7-11(9-10)15(16,17)18/h3,5-7,9,12H,1,4,8H2,2H3,(H,19,20)/t12-/m0/s1. The first-order chi connectivity index (χ1) is 10.3. The summed E-state index contributed by atoms with van der Waals surface area (Å²) in [6.07, 6.45) is -2.28. The third-order valence-corrected chi connectivity index (χ3v) is 2.90. The van der Waals surface area contributed by atoms with Crippen molar-refractivity contribution in [2.24, 2.45) is 0 Å². The van der Waals surface area contributed by atoms with Crippen LogP contribution in [0.3, 0.4) is 0 Å². The molecule has 0 aliphatic heterocycles. The minimum absolute atomic E-state index is 0.178. The Labute approximate surface area is 126 Å². The van der Waals surface area contributed by atoms with E-state index in [2.05, 4.69) is 16.6 Å². The highest BCUT2D eigenvalue weighted by molar-refractivity contribution is 5.96. The summed E-state index contributed by atoms with van der Waals surface area (Å²) < 4.78 is 42.4. The molecule has 0 spiro atoms. The van der Waals surface area contributed by atoms with Gasteiger partial charge in [-0.3, -0.25) is 4.79 Å². The van der Waals surface area contributed by atoms with Crippen molar-refractivity contribution in [1.29, 1.82) is 0 Å². The molecule has 0 aliphatic rings. The van der Waals surface area contributed by atoms with Gasteiger partial charge in [-0.05, 0) is 31.0 Å². The molecule has 1 aromatic rings. The molecule has 1 amide bonds. The second-order valence-electron chi connectivity index (χ2n) is 4.49. The van der Waals surface area contributed by atoms with Crippen LogP contribution in [0.25, 0.3) is 0 Å². The van der Waals surface area contributed by atoms with Crippen LogP contribution in [0, 0.1) is 0 Å². The number of amides is 1. The lowest BCUT2D eigenvalue weighted by atomic mass is 10.1. The average molecular weight is 315 g/mol. The number of ether oxygens (including phenoxy) is 1. The van der Waals surface area contributed by atoms with Gasteiger partial charge in [0, 0.05) is 5.56 Å². The third-order valence-electron chi connectivity index (χ3n) is 2.90. The molecule has 120 valence electrons. The Morgan fingerprint density at radius 3 is 2.64 bits per heavy atom. The molecule has 0 saturated heterocycles. The van der Waals surface area contributed by atoms with Crippen molar-refractivity contribution in [1.82, 2.24) is 5.32 Å². The number of nitrogens with one attached hydrogen (secondary N) is 1. The van der Waals surface area contributed by atoms with Crippen molar-refractivity contribution in [3.8, 4) is 0 Å². The molecule has 1 N–H and O–H groups in total. The zero-order valence-corrected chi connectivity index (χ0v) is 11.9. The van der Waals surface area contributed by atoms with E-state index < -0.39 is 29.7 Å². The Hall–Kier alpha value is -2.31. The van der Waals surface area contributed by atoms with E-state index in [9.17, 15) is 22.8 Å². The number of allylic oxidation sites excluding steroid dienone is 1. The number of hydrogen-bond acceptors (Lipinski definition) is 3. The Morgan fingerprint density at radius 2 is 2.09 bits per heavy atom. The fourth-order valence-electron chi connectivity index (χ4n) is 1.75. The van der Waals surface area contributed by atoms with E-state index in [0.29, 0.717) is 6.42 Å². The quantitative estimate of drug-likeness (QED) is 0.648. The van der Waals surface area contributed by atoms with Crippen LogP contribution in [0.5, 0.6) is 0 Å². The van der Waals surface area contributed by atoms with Gasteiger partial charge < -0.3 is 10.1 Å². The minimum Gasteiger partial charge on any atom is -0.467 e. The van der Waals surface area contributed by atoms with E-state index in [0.717, 1.165) is 18.2 Å². The number of rotatable bonds is 6. The molecule has 0 radical (unpaired) electrons. The zero-order chi connectivity index (χ0) is 16.8. The lowest BCUT2D eigenvalue weighted by Gasteiger charge is -2.16. The molecule has 0 unspecified atom stereocenters. The summed E-state index contributed by atoms with van der Waals surface area (Å²) in [4.78, 5) is 23.6. The summed E-state index contributed by atoms with van der Waals surface area (Å²) >= 11 is 0. The van der Waals surface area contributed by atoms with Crippen molar-refractivity contribution >= 4 is 11.9 Å². The summed E-state index contributed by atoms with van der Waals surface area (Å²) in [6, 6.07) is 3.04. The second-order valence-corrected chi connectivity index (χ2v) is 4.49. The van der Waals surface area contributed by atoms with Crippen LogP contribution in [0.1, 0.15) is 28.8 Å². The molecule has 0 aliphatic carbocycles. The Bertz CT molecular complexity index is 555. The summed E-state index contributed by atoms with van der Waals surface area (Å²) in [5, 5.41) is 2.37. The maximum Gasteiger partial charge on any atom is 0.416 e. The summed E-state index contributed by atoms with van der Waals surface area (Å²) in [7, 11) is 1.17. The van der Waals surface area contributed by atoms with Gasteiger partial charge in [0.25, 0.3) is 5.91 Å². The van der Waals surface area contributed by atoms with Crippen LogP contribution >= 0.6 is 0 Å². The van der Waals surface area contributed by atoms with Gasteiger partial charge in [0.15, 0.2) is 0 Å². The maximum absolute atomic E-state index is 12.6. The molecule has 0 heterocycles. The topological polar surface area (TPSA) is 55.4 Å². The molecular formula is C15H16F3NO3. The van der Waals surface area contributed by atoms with Gasteiger partial charge in [0.1, 0.15) is 6.04 Å². The number of carbonyl (C=O) groups is 2. The van der Waals surface area contributed by atoms with Crippen LogP contribution in [0.4, 0.5) is 13.2 Å². The molecular weight excluding hydrogens is 299 g/mol. The fraction of sp³-hybridized carbons (Fsp3) is 0.333. The van der Waals surface area contributed by atoms with Crippen LogP contribution in [-0.4, -0.2) is 25.0 Å². The van der Waals surface area contributed by atoms with E-state index in [1.807, 2.05) is 0 Å². The third kappa shape index (κ3) is 4.91. The number of esters is 1. The predicted octanol–water partition coefficient (Wildman–Crippen LogP) is 2.94. The molecule has 1 rings (SSSR count). The zero-order valence-electron chi connectivity index (χ0n) is 11.9. The highest BCUT2D eigenvalue weighted by Gasteiger charge is 2.31. The molecule has 22 heavy (non-hydrogen) atoms. The number of carbonyl (C=O) groups excluding carboxylic acids is 2. The first-order valence-corrected chi connectivity index (χ1v) is 6.46. The molecule has 4 nitrogen and oxygen atoms in total. The van der Waals surface area contributed by atoms with Gasteiger partial charge in [-0.2, -0.15) is 13.2 Å². The Kier molecular flexibility index (Phi) is 6.15. The van der Waals surface area contributed by atoms with Crippen molar-refractivity contribution < 1.29 is 27.5 Å². The van der Waals surface area contributed by atoms with E-state index in [-0.39, 0.29) is 12.0 Å². The number of methoxy groups -OCH3 is 1. The molecule has 1 aromatic carbocycles. The lowest BCUT2D eigenvalue weighted by molar-refractivity contribution is -0.143. The van der Waals surface area contributed by atoms with Crippen LogP contribution in [-0.2, 0) is 15.7 Å². The Morgan fingerprint density at radius 1 is 1.41 bits per heavy atom. The largest absolute Gasteiger partial charge is 0.467 e. The predicted molar refractivity (Wildman–Crippen MR) is 74.1 cm³/mol. The minimum atomic E-state index is -4.54. The first-order valence-electron chi connectivity index (χ1n) is 6.46. The van der Waals surface area contributed by atoms with Crippen LogP contribution < -0.4 is 5.32 Å². The van der Waals surface area contributed by atoms with Crippen molar-refractivity contribution in [2.75, 3.05) is 7.11 Å². The first kappa shape index (κ1) is 17.7. The SMILES string of the molecule is C=CCC[C@H](NC(=O)c1cccc(C(F)(F)F)c1)C(=O)OC. The van der Waals surface area contributed by atoms with E-state index >= 15 is 0 Å². The monoisotopic (exact) mass is 315 g/mol. The number of halogens is 3. The molecule has 0 fully saturated rings. The van der Waals surface area contributed by atoms with Crippen LogP contribution in [0.15, 0.2) is 36.9 Å². The summed E-state index contributed by atoms with van der Waals surface area (Å²) in [6.45, 7) is 3.50. The fourth-order valence-corrected chi connectivity index (χ4v) is 1.75. The molecule has 0 aromatic heterocycles. The van der Waals surface area contributed by atoms with Gasteiger partial charge in [0.2, 0.25) is 0 Å². The Balaban J connectivity index is 2.90. The van der Waals surface area contributed by atoms with Crippen molar-refractivity contribution in [2.45, 2.75) is 25.1 Å².